The molecule has 4 rings (SSSR count). The van der Waals surface area contributed by atoms with E-state index in [4.69, 9.17) is 0 Å². The molecule has 2 heterocycles. The molecule has 1 aromatic heterocycles. The first-order valence-electron chi connectivity index (χ1n) is 9.70. The molecule has 0 unspecified atom stereocenters. The molecule has 7 heteroatoms. The number of carbonyl (C=O) groups is 2. The Bertz CT molecular complexity index is 1230. The second kappa shape index (κ2) is 9.11. The van der Waals surface area contributed by atoms with E-state index in [1.807, 2.05) is 37.3 Å². The molecule has 31 heavy (non-hydrogen) atoms. The molecule has 0 spiro atoms. The number of aromatic nitrogens is 1. The van der Waals surface area contributed by atoms with Gasteiger partial charge in [0.1, 0.15) is 0 Å². The van der Waals surface area contributed by atoms with Gasteiger partial charge in [0.2, 0.25) is 0 Å². The zero-order valence-electron chi connectivity index (χ0n) is 17.3. The van der Waals surface area contributed by atoms with E-state index in [2.05, 4.69) is 87.9 Å². The largest absolute Gasteiger partial charge is 0.318 e. The Hall–Kier alpha value is -1.59. The molecule has 1 fully saturated rings. The molecule has 1 saturated heterocycles. The minimum Gasteiger partial charge on any atom is -0.318 e. The molecule has 2 amide bonds. The van der Waals surface area contributed by atoms with Crippen molar-refractivity contribution in [2.24, 2.45) is 0 Å². The highest BCUT2D eigenvalue weighted by molar-refractivity contribution is 14.1. The van der Waals surface area contributed by atoms with Gasteiger partial charge in [0, 0.05) is 24.2 Å². The Labute approximate surface area is 213 Å². The van der Waals surface area contributed by atoms with Crippen LogP contribution in [-0.2, 0) is 11.3 Å². The number of imide groups is 1. The van der Waals surface area contributed by atoms with Crippen molar-refractivity contribution in [3.63, 3.8) is 0 Å². The van der Waals surface area contributed by atoms with Crippen LogP contribution in [0, 0.1) is 27.9 Å². The summed E-state index contributed by atoms with van der Waals surface area (Å²) >= 11 is 5.58. The van der Waals surface area contributed by atoms with Gasteiger partial charge in [-0.2, -0.15) is 0 Å². The van der Waals surface area contributed by atoms with Gasteiger partial charge < -0.3 is 4.57 Å². The smallest absolute Gasteiger partial charge is 0.293 e. The highest BCUT2D eigenvalue weighted by Crippen LogP contribution is 2.35. The quantitative estimate of drug-likeness (QED) is 0.229. The van der Waals surface area contributed by atoms with Gasteiger partial charge in [-0.3, -0.25) is 14.5 Å². The zero-order valence-corrected chi connectivity index (χ0v) is 22.4. The summed E-state index contributed by atoms with van der Waals surface area (Å²) in [4.78, 5) is 27.3. The second-order valence-electron chi connectivity index (χ2n) is 7.49. The first-order valence-corrected chi connectivity index (χ1v) is 12.7. The fraction of sp³-hybridized carbons (Fsp3) is 0.167. The predicted molar refractivity (Wildman–Crippen MR) is 143 cm³/mol. The summed E-state index contributed by atoms with van der Waals surface area (Å²) in [5.74, 6) is -0.233. The van der Waals surface area contributed by atoms with Gasteiger partial charge >= 0.3 is 0 Å². The van der Waals surface area contributed by atoms with Gasteiger partial charge in [-0.1, -0.05) is 12.1 Å². The number of benzene rings is 2. The van der Waals surface area contributed by atoms with Crippen LogP contribution in [0.5, 0.6) is 0 Å². The van der Waals surface area contributed by atoms with Crippen LogP contribution in [0.25, 0.3) is 11.8 Å². The van der Waals surface area contributed by atoms with Gasteiger partial charge in [-0.05, 0) is 137 Å². The molecule has 0 saturated carbocycles. The zero-order chi connectivity index (χ0) is 22.3. The standard InChI is InChI=1S/C24H20I2N2O2S/c1-14-10-20(8-9-21(14)26)28-15(2)11-18(16(28)3)12-22-23(29)27(24(30)31-22)13-17-4-6-19(25)7-5-17/h4-12H,13H2,1-3H3/b22-12-. The molecule has 0 radical (unpaired) electrons. The lowest BCUT2D eigenvalue weighted by Crippen LogP contribution is -2.27. The van der Waals surface area contributed by atoms with E-state index in [-0.39, 0.29) is 11.1 Å². The fourth-order valence-corrected chi connectivity index (χ4v) is 5.17. The van der Waals surface area contributed by atoms with Crippen molar-refractivity contribution in [3.8, 4) is 5.69 Å². The van der Waals surface area contributed by atoms with Crippen molar-refractivity contribution in [1.29, 1.82) is 0 Å². The number of aryl methyl sites for hydroxylation is 2. The first-order chi connectivity index (χ1) is 14.7. The summed E-state index contributed by atoms with van der Waals surface area (Å²) in [6.45, 7) is 6.49. The SMILES string of the molecule is Cc1cc(-n2c(C)cc(/C=C3\SC(=O)N(Cc4ccc(I)cc4)C3=O)c2C)ccc1I. The minimum atomic E-state index is -0.233. The molecule has 0 bridgehead atoms. The topological polar surface area (TPSA) is 42.3 Å². The van der Waals surface area contributed by atoms with Gasteiger partial charge in [0.15, 0.2) is 0 Å². The van der Waals surface area contributed by atoms with Crippen LogP contribution in [-0.4, -0.2) is 20.6 Å². The van der Waals surface area contributed by atoms with Crippen LogP contribution < -0.4 is 0 Å². The second-order valence-corrected chi connectivity index (χ2v) is 10.9. The molecule has 0 N–H and O–H groups in total. The van der Waals surface area contributed by atoms with E-state index < -0.39 is 0 Å². The van der Waals surface area contributed by atoms with Gasteiger partial charge in [0.05, 0.1) is 11.4 Å². The van der Waals surface area contributed by atoms with Crippen LogP contribution in [0.4, 0.5) is 4.79 Å². The number of hydrogen-bond donors (Lipinski definition) is 0. The minimum absolute atomic E-state index is 0.225. The number of carbonyl (C=O) groups excluding carboxylic acids is 2. The third-order valence-corrected chi connectivity index (χ3v) is 8.12. The monoisotopic (exact) mass is 654 g/mol. The third-order valence-electron chi connectivity index (χ3n) is 5.28. The van der Waals surface area contributed by atoms with Crippen molar-refractivity contribution in [3.05, 3.63) is 88.7 Å². The Morgan fingerprint density at radius 3 is 2.35 bits per heavy atom. The summed E-state index contributed by atoms with van der Waals surface area (Å²) < 4.78 is 4.53. The van der Waals surface area contributed by atoms with Gasteiger partial charge in [-0.25, -0.2) is 0 Å². The summed E-state index contributed by atoms with van der Waals surface area (Å²) in [6, 6.07) is 16.3. The Balaban J connectivity index is 1.63. The predicted octanol–water partition coefficient (Wildman–Crippen LogP) is 6.85. The Morgan fingerprint density at radius 1 is 0.968 bits per heavy atom. The van der Waals surface area contributed by atoms with Crippen LogP contribution in [0.2, 0.25) is 0 Å². The molecule has 0 aliphatic carbocycles. The normalized spacial score (nSPS) is 15.4. The van der Waals surface area contributed by atoms with Crippen molar-refractivity contribution in [2.75, 3.05) is 0 Å². The lowest BCUT2D eigenvalue weighted by atomic mass is 10.2. The molecular weight excluding hydrogens is 634 g/mol. The first kappa shape index (κ1) is 22.6. The maximum absolute atomic E-state index is 13.0. The molecular formula is C24H20I2N2O2S. The Kier molecular flexibility index (Phi) is 6.64. The number of amides is 2. The van der Waals surface area contributed by atoms with E-state index in [1.54, 1.807) is 0 Å². The van der Waals surface area contributed by atoms with Crippen LogP contribution >= 0.6 is 56.9 Å². The van der Waals surface area contributed by atoms with E-state index in [0.29, 0.717) is 11.4 Å². The van der Waals surface area contributed by atoms with Crippen LogP contribution in [0.1, 0.15) is 28.1 Å². The molecule has 1 aliphatic rings. The maximum Gasteiger partial charge on any atom is 0.293 e. The highest BCUT2D eigenvalue weighted by Gasteiger charge is 2.35. The number of hydrogen-bond acceptors (Lipinski definition) is 3. The highest BCUT2D eigenvalue weighted by atomic mass is 127. The van der Waals surface area contributed by atoms with Crippen molar-refractivity contribution in [1.82, 2.24) is 9.47 Å². The van der Waals surface area contributed by atoms with Crippen LogP contribution in [0.3, 0.4) is 0 Å². The number of nitrogens with zero attached hydrogens (tertiary/aromatic N) is 2. The molecule has 1 aliphatic heterocycles. The summed E-state index contributed by atoms with van der Waals surface area (Å²) in [5.41, 5.74) is 6.35. The number of thioether (sulfide) groups is 1. The van der Waals surface area contributed by atoms with Gasteiger partial charge in [0.25, 0.3) is 11.1 Å². The molecule has 3 aromatic rings. The van der Waals surface area contributed by atoms with Crippen molar-refractivity contribution >= 4 is 74.2 Å². The van der Waals surface area contributed by atoms with E-state index in [9.17, 15) is 9.59 Å². The van der Waals surface area contributed by atoms with Crippen LogP contribution in [0.15, 0.2) is 53.4 Å². The third kappa shape index (κ3) is 4.63. The fourth-order valence-electron chi connectivity index (χ4n) is 3.65. The maximum atomic E-state index is 13.0. The molecule has 2 aromatic carbocycles. The Morgan fingerprint density at radius 2 is 1.68 bits per heavy atom. The average Bonchev–Trinajstić information content (AvgIpc) is 3.15. The van der Waals surface area contributed by atoms with Crippen molar-refractivity contribution in [2.45, 2.75) is 27.3 Å². The lowest BCUT2D eigenvalue weighted by molar-refractivity contribution is -0.123. The van der Waals surface area contributed by atoms with Crippen molar-refractivity contribution < 1.29 is 9.59 Å². The summed E-state index contributed by atoms with van der Waals surface area (Å²) in [5, 5.41) is -0.225. The molecule has 158 valence electrons. The molecule has 4 nitrogen and oxygen atoms in total. The summed E-state index contributed by atoms with van der Waals surface area (Å²) in [6.07, 6.45) is 1.84. The summed E-state index contributed by atoms with van der Waals surface area (Å²) in [7, 11) is 0. The van der Waals surface area contributed by atoms with E-state index in [0.717, 1.165) is 43.5 Å². The lowest BCUT2D eigenvalue weighted by Gasteiger charge is -2.12. The molecule has 0 atom stereocenters. The average molecular weight is 654 g/mol. The van der Waals surface area contributed by atoms with Gasteiger partial charge in [-0.15, -0.1) is 0 Å². The van der Waals surface area contributed by atoms with E-state index in [1.165, 1.54) is 14.0 Å². The number of rotatable bonds is 4. The van der Waals surface area contributed by atoms with E-state index >= 15 is 0 Å². The number of halogens is 2.